The molecule has 0 bridgehead atoms. The van der Waals surface area contributed by atoms with Gasteiger partial charge in [0.25, 0.3) is 0 Å². The van der Waals surface area contributed by atoms with Crippen LogP contribution in [0.1, 0.15) is 83.5 Å². The second-order valence-corrected chi connectivity index (χ2v) is 6.92. The number of rotatable bonds is 2. The molecule has 0 amide bonds. The summed E-state index contributed by atoms with van der Waals surface area (Å²) in [5.41, 5.74) is 0.905. The second-order valence-electron chi connectivity index (χ2n) is 6.92. The SMILES string of the molecule is C1CCCC(CC2CC23CCCC3)CCC1. The van der Waals surface area contributed by atoms with Gasteiger partial charge in [-0.2, -0.15) is 0 Å². The van der Waals surface area contributed by atoms with Crippen LogP contribution < -0.4 is 0 Å². The topological polar surface area (TPSA) is 0 Å². The summed E-state index contributed by atoms with van der Waals surface area (Å²) < 4.78 is 0. The van der Waals surface area contributed by atoms with Crippen molar-refractivity contribution < 1.29 is 0 Å². The normalized spacial score (nSPS) is 34.9. The minimum Gasteiger partial charge on any atom is -0.0533 e. The molecule has 16 heavy (non-hydrogen) atoms. The van der Waals surface area contributed by atoms with Crippen LogP contribution in [0.3, 0.4) is 0 Å². The summed E-state index contributed by atoms with van der Waals surface area (Å²) in [7, 11) is 0. The van der Waals surface area contributed by atoms with Crippen molar-refractivity contribution in [2.75, 3.05) is 0 Å². The van der Waals surface area contributed by atoms with E-state index in [2.05, 4.69) is 0 Å². The zero-order valence-corrected chi connectivity index (χ0v) is 10.8. The zero-order valence-electron chi connectivity index (χ0n) is 10.8. The quantitative estimate of drug-likeness (QED) is 0.591. The summed E-state index contributed by atoms with van der Waals surface area (Å²) in [5.74, 6) is 2.28. The van der Waals surface area contributed by atoms with Gasteiger partial charge in [0.1, 0.15) is 0 Å². The van der Waals surface area contributed by atoms with Crippen LogP contribution in [0.4, 0.5) is 0 Å². The molecule has 1 atom stereocenters. The van der Waals surface area contributed by atoms with E-state index < -0.39 is 0 Å². The maximum atomic E-state index is 1.61. The van der Waals surface area contributed by atoms with Crippen molar-refractivity contribution in [3.8, 4) is 0 Å². The van der Waals surface area contributed by atoms with E-state index in [1.54, 1.807) is 51.4 Å². The van der Waals surface area contributed by atoms with Gasteiger partial charge in [0.15, 0.2) is 0 Å². The van der Waals surface area contributed by atoms with Crippen LogP contribution in [0.5, 0.6) is 0 Å². The Kier molecular flexibility index (Phi) is 3.27. The monoisotopic (exact) mass is 220 g/mol. The molecule has 0 N–H and O–H groups in total. The van der Waals surface area contributed by atoms with Crippen molar-refractivity contribution >= 4 is 0 Å². The van der Waals surface area contributed by atoms with Gasteiger partial charge in [-0.1, -0.05) is 57.8 Å². The molecule has 1 unspecified atom stereocenters. The Balaban J connectivity index is 1.47. The van der Waals surface area contributed by atoms with Gasteiger partial charge in [-0.3, -0.25) is 0 Å². The maximum absolute atomic E-state index is 1.61. The predicted molar refractivity (Wildman–Crippen MR) is 69.4 cm³/mol. The largest absolute Gasteiger partial charge is 0.0533 e. The van der Waals surface area contributed by atoms with Crippen molar-refractivity contribution in [3.63, 3.8) is 0 Å². The molecule has 92 valence electrons. The van der Waals surface area contributed by atoms with E-state index in [0.29, 0.717) is 0 Å². The highest BCUT2D eigenvalue weighted by Crippen LogP contribution is 2.65. The Bertz CT molecular complexity index is 216. The smallest absolute Gasteiger partial charge is 0.0266 e. The summed E-state index contributed by atoms with van der Waals surface area (Å²) in [5, 5.41) is 0. The first-order valence-electron chi connectivity index (χ1n) is 7.89. The third-order valence-electron chi connectivity index (χ3n) is 5.80. The summed E-state index contributed by atoms with van der Waals surface area (Å²) in [6.07, 6.45) is 20.2. The lowest BCUT2D eigenvalue weighted by Gasteiger charge is -2.20. The molecule has 3 rings (SSSR count). The molecular weight excluding hydrogens is 192 g/mol. The first-order chi connectivity index (χ1) is 7.89. The van der Waals surface area contributed by atoms with Gasteiger partial charge in [0.05, 0.1) is 0 Å². The molecular formula is C16H28. The fraction of sp³-hybridized carbons (Fsp3) is 1.00. The number of hydrogen-bond acceptors (Lipinski definition) is 0. The van der Waals surface area contributed by atoms with Gasteiger partial charge in [-0.05, 0) is 42.9 Å². The number of hydrogen-bond donors (Lipinski definition) is 0. The molecule has 0 saturated heterocycles. The van der Waals surface area contributed by atoms with E-state index in [4.69, 9.17) is 0 Å². The van der Waals surface area contributed by atoms with Crippen LogP contribution in [-0.4, -0.2) is 0 Å². The first-order valence-corrected chi connectivity index (χ1v) is 7.89. The summed E-state index contributed by atoms with van der Waals surface area (Å²) in [6, 6.07) is 0. The summed E-state index contributed by atoms with van der Waals surface area (Å²) in [4.78, 5) is 0. The third kappa shape index (κ3) is 2.31. The minimum atomic E-state index is 0.905. The average molecular weight is 220 g/mol. The molecule has 0 heterocycles. The first kappa shape index (κ1) is 11.1. The van der Waals surface area contributed by atoms with E-state index in [1.165, 1.54) is 38.0 Å². The average Bonchev–Trinajstić information content (AvgIpc) is 2.69. The lowest BCUT2D eigenvalue weighted by Crippen LogP contribution is -2.07. The molecule has 0 heteroatoms. The molecule has 0 aromatic carbocycles. The molecule has 0 aliphatic heterocycles. The van der Waals surface area contributed by atoms with E-state index in [1.807, 2.05) is 0 Å². The van der Waals surface area contributed by atoms with E-state index in [9.17, 15) is 0 Å². The highest BCUT2D eigenvalue weighted by molar-refractivity contribution is 5.04. The summed E-state index contributed by atoms with van der Waals surface area (Å²) in [6.45, 7) is 0. The van der Waals surface area contributed by atoms with Gasteiger partial charge in [0.2, 0.25) is 0 Å². The highest BCUT2D eigenvalue weighted by Gasteiger charge is 2.54. The van der Waals surface area contributed by atoms with Crippen LogP contribution in [0.25, 0.3) is 0 Å². The Labute approximate surface area is 101 Å². The Morgan fingerprint density at radius 2 is 1.38 bits per heavy atom. The van der Waals surface area contributed by atoms with Crippen LogP contribution in [0, 0.1) is 17.3 Å². The van der Waals surface area contributed by atoms with E-state index in [-0.39, 0.29) is 0 Å². The Hall–Kier alpha value is 0. The van der Waals surface area contributed by atoms with Gasteiger partial charge in [0, 0.05) is 0 Å². The van der Waals surface area contributed by atoms with Gasteiger partial charge in [-0.25, -0.2) is 0 Å². The molecule has 3 aliphatic rings. The second kappa shape index (κ2) is 4.70. The predicted octanol–water partition coefficient (Wildman–Crippen LogP) is 5.32. The van der Waals surface area contributed by atoms with Crippen molar-refractivity contribution in [1.82, 2.24) is 0 Å². The molecule has 0 aromatic rings. The fourth-order valence-corrected chi connectivity index (χ4v) is 4.64. The molecule has 0 radical (unpaired) electrons. The molecule has 1 spiro atoms. The molecule has 3 fully saturated rings. The van der Waals surface area contributed by atoms with Crippen molar-refractivity contribution in [2.24, 2.45) is 17.3 Å². The maximum Gasteiger partial charge on any atom is -0.0266 e. The Morgan fingerprint density at radius 1 is 0.750 bits per heavy atom. The lowest BCUT2D eigenvalue weighted by molar-refractivity contribution is 0.318. The van der Waals surface area contributed by atoms with Crippen LogP contribution in [0.15, 0.2) is 0 Å². The van der Waals surface area contributed by atoms with Crippen LogP contribution >= 0.6 is 0 Å². The Morgan fingerprint density at radius 3 is 2.06 bits per heavy atom. The van der Waals surface area contributed by atoms with Crippen molar-refractivity contribution in [3.05, 3.63) is 0 Å². The summed E-state index contributed by atoms with van der Waals surface area (Å²) >= 11 is 0. The van der Waals surface area contributed by atoms with Gasteiger partial charge >= 0.3 is 0 Å². The highest BCUT2D eigenvalue weighted by atomic mass is 14.6. The zero-order chi connectivity index (χ0) is 10.8. The molecule has 3 aliphatic carbocycles. The third-order valence-corrected chi connectivity index (χ3v) is 5.80. The van der Waals surface area contributed by atoms with Crippen LogP contribution in [-0.2, 0) is 0 Å². The van der Waals surface area contributed by atoms with Crippen molar-refractivity contribution in [2.45, 2.75) is 83.5 Å². The lowest BCUT2D eigenvalue weighted by atomic mass is 9.85. The van der Waals surface area contributed by atoms with Gasteiger partial charge in [-0.15, -0.1) is 0 Å². The standard InChI is InChI=1S/C16H28/c1-2-4-8-14(9-5-3-1)12-15-13-16(15)10-6-7-11-16/h14-15H,1-13H2. The van der Waals surface area contributed by atoms with Crippen molar-refractivity contribution in [1.29, 1.82) is 0 Å². The molecule has 0 aromatic heterocycles. The van der Waals surface area contributed by atoms with Gasteiger partial charge < -0.3 is 0 Å². The van der Waals surface area contributed by atoms with E-state index >= 15 is 0 Å². The molecule has 3 saturated carbocycles. The minimum absolute atomic E-state index is 0.905. The van der Waals surface area contributed by atoms with E-state index in [0.717, 1.165) is 11.3 Å². The fourth-order valence-electron chi connectivity index (χ4n) is 4.64. The molecule has 0 nitrogen and oxygen atoms in total. The van der Waals surface area contributed by atoms with Crippen LogP contribution in [0.2, 0.25) is 0 Å².